The van der Waals surface area contributed by atoms with Gasteiger partial charge in [0.05, 0.1) is 26.8 Å². The fourth-order valence-electron chi connectivity index (χ4n) is 5.52. The van der Waals surface area contributed by atoms with Gasteiger partial charge in [-0.2, -0.15) is 0 Å². The third kappa shape index (κ3) is 3.90. The normalized spacial score (nSPS) is 17.9. The van der Waals surface area contributed by atoms with Gasteiger partial charge in [-0.15, -0.1) is 11.3 Å². The standard InChI is InChI=1S/C30H28N4OS/c1-19-2-11-27-26(14-19)32-29(34(27)17-20-12-13-33(16-20)30(35)23-7-8-23)22-5-3-21(4-6-22)24-9-10-25-28(15-24)36-18-31-25/h2-6,9-11,14-15,18,20,23H,7-8,12-13,16-17H2,1H3/t20-/m1/s1. The Kier molecular flexibility index (Phi) is 5.17. The van der Waals surface area contributed by atoms with Crippen molar-refractivity contribution >= 4 is 38.5 Å². The van der Waals surface area contributed by atoms with E-state index in [1.54, 1.807) is 11.3 Å². The number of carbonyl (C=O) groups is 1. The Morgan fingerprint density at radius 3 is 2.58 bits per heavy atom. The molecule has 7 rings (SSSR count). The molecule has 2 fully saturated rings. The number of carbonyl (C=O) groups excluding carboxylic acids is 1. The molecular formula is C30H28N4OS. The van der Waals surface area contributed by atoms with Crippen LogP contribution in [-0.2, 0) is 11.3 Å². The Morgan fingerprint density at radius 2 is 1.75 bits per heavy atom. The highest BCUT2D eigenvalue weighted by Crippen LogP contribution is 2.35. The van der Waals surface area contributed by atoms with E-state index in [4.69, 9.17) is 4.98 Å². The van der Waals surface area contributed by atoms with E-state index in [1.165, 1.54) is 26.9 Å². The topological polar surface area (TPSA) is 51.0 Å². The predicted molar refractivity (Wildman–Crippen MR) is 146 cm³/mol. The van der Waals surface area contributed by atoms with Crippen LogP contribution in [0, 0.1) is 18.8 Å². The van der Waals surface area contributed by atoms with Crippen molar-refractivity contribution in [1.82, 2.24) is 19.4 Å². The Bertz CT molecular complexity index is 1590. The second-order valence-corrected chi connectivity index (χ2v) is 11.2. The van der Waals surface area contributed by atoms with Crippen molar-refractivity contribution in [2.45, 2.75) is 32.7 Å². The van der Waals surface area contributed by atoms with Crippen LogP contribution in [0.15, 0.2) is 66.2 Å². The Labute approximate surface area is 214 Å². The number of fused-ring (bicyclic) bond motifs is 2. The SMILES string of the molecule is Cc1ccc2c(c1)nc(-c1ccc(-c3ccc4ncsc4c3)cc1)n2C[C@@H]1CCN(C(=O)C2CC2)C1. The summed E-state index contributed by atoms with van der Waals surface area (Å²) in [7, 11) is 0. The van der Waals surface area contributed by atoms with Gasteiger partial charge in [0.2, 0.25) is 5.91 Å². The van der Waals surface area contributed by atoms with E-state index in [2.05, 4.69) is 82.0 Å². The molecule has 36 heavy (non-hydrogen) atoms. The van der Waals surface area contributed by atoms with Gasteiger partial charge in [0.15, 0.2) is 0 Å². The first kappa shape index (κ1) is 21.7. The highest BCUT2D eigenvalue weighted by atomic mass is 32.1. The molecule has 5 aromatic rings. The number of thiazole rings is 1. The summed E-state index contributed by atoms with van der Waals surface area (Å²) >= 11 is 1.67. The van der Waals surface area contributed by atoms with Crippen molar-refractivity contribution in [1.29, 1.82) is 0 Å². The number of hydrogen-bond donors (Lipinski definition) is 0. The first-order valence-electron chi connectivity index (χ1n) is 12.8. The van der Waals surface area contributed by atoms with Gasteiger partial charge < -0.3 is 9.47 Å². The molecule has 5 nitrogen and oxygen atoms in total. The second kappa shape index (κ2) is 8.56. The molecular weight excluding hydrogens is 464 g/mol. The highest BCUT2D eigenvalue weighted by Gasteiger charge is 2.36. The summed E-state index contributed by atoms with van der Waals surface area (Å²) in [5.74, 6) is 2.13. The molecule has 1 amide bonds. The average Bonchev–Trinajstić information content (AvgIpc) is 3.30. The first-order valence-corrected chi connectivity index (χ1v) is 13.7. The van der Waals surface area contributed by atoms with Crippen molar-refractivity contribution in [3.8, 4) is 22.5 Å². The van der Waals surface area contributed by atoms with Crippen LogP contribution < -0.4 is 0 Å². The lowest BCUT2D eigenvalue weighted by Crippen LogP contribution is -2.30. The zero-order chi connectivity index (χ0) is 24.2. The zero-order valence-electron chi connectivity index (χ0n) is 20.4. The summed E-state index contributed by atoms with van der Waals surface area (Å²) < 4.78 is 3.59. The van der Waals surface area contributed by atoms with Gasteiger partial charge in [-0.05, 0) is 73.1 Å². The minimum Gasteiger partial charge on any atom is -0.342 e. The van der Waals surface area contributed by atoms with Crippen LogP contribution in [0.4, 0.5) is 0 Å². The smallest absolute Gasteiger partial charge is 0.225 e. The molecule has 1 aliphatic heterocycles. The number of aryl methyl sites for hydroxylation is 1. The molecule has 3 aromatic carbocycles. The molecule has 1 aliphatic carbocycles. The van der Waals surface area contributed by atoms with Crippen LogP contribution in [0.5, 0.6) is 0 Å². The number of rotatable bonds is 5. The number of aromatic nitrogens is 3. The molecule has 2 aliphatic rings. The quantitative estimate of drug-likeness (QED) is 0.280. The summed E-state index contributed by atoms with van der Waals surface area (Å²) in [6.45, 7) is 4.75. The van der Waals surface area contributed by atoms with Gasteiger partial charge in [-0.25, -0.2) is 9.97 Å². The molecule has 1 saturated heterocycles. The van der Waals surface area contributed by atoms with E-state index >= 15 is 0 Å². The van der Waals surface area contributed by atoms with Crippen molar-refractivity contribution in [3.63, 3.8) is 0 Å². The zero-order valence-corrected chi connectivity index (χ0v) is 21.2. The van der Waals surface area contributed by atoms with Crippen molar-refractivity contribution in [2.24, 2.45) is 11.8 Å². The Morgan fingerprint density at radius 1 is 0.944 bits per heavy atom. The van der Waals surface area contributed by atoms with E-state index in [0.717, 1.165) is 61.3 Å². The maximum atomic E-state index is 12.6. The number of benzene rings is 3. The first-order chi connectivity index (χ1) is 17.6. The van der Waals surface area contributed by atoms with Crippen LogP contribution in [0.2, 0.25) is 0 Å². The molecule has 1 atom stereocenters. The van der Waals surface area contributed by atoms with E-state index in [0.29, 0.717) is 17.7 Å². The monoisotopic (exact) mass is 492 g/mol. The van der Waals surface area contributed by atoms with E-state index < -0.39 is 0 Å². The molecule has 0 radical (unpaired) electrons. The van der Waals surface area contributed by atoms with Crippen LogP contribution in [0.3, 0.4) is 0 Å². The minimum absolute atomic E-state index is 0.298. The average molecular weight is 493 g/mol. The largest absolute Gasteiger partial charge is 0.342 e. The van der Waals surface area contributed by atoms with Gasteiger partial charge in [-0.1, -0.05) is 36.4 Å². The Hall–Kier alpha value is -3.51. The predicted octanol–water partition coefficient (Wildman–Crippen LogP) is 6.55. The van der Waals surface area contributed by atoms with Crippen LogP contribution in [0.1, 0.15) is 24.8 Å². The van der Waals surface area contributed by atoms with E-state index in [-0.39, 0.29) is 0 Å². The van der Waals surface area contributed by atoms with Crippen LogP contribution >= 0.6 is 11.3 Å². The summed E-state index contributed by atoms with van der Waals surface area (Å²) in [5, 5.41) is 0. The molecule has 0 bridgehead atoms. The van der Waals surface area contributed by atoms with Crippen LogP contribution in [-0.4, -0.2) is 38.4 Å². The minimum atomic E-state index is 0.298. The van der Waals surface area contributed by atoms with E-state index in [9.17, 15) is 4.79 Å². The molecule has 1 saturated carbocycles. The maximum Gasteiger partial charge on any atom is 0.225 e. The van der Waals surface area contributed by atoms with Crippen molar-refractivity contribution in [3.05, 3.63) is 71.7 Å². The summed E-state index contributed by atoms with van der Waals surface area (Å²) in [4.78, 5) is 24.2. The van der Waals surface area contributed by atoms with Crippen molar-refractivity contribution < 1.29 is 4.79 Å². The van der Waals surface area contributed by atoms with E-state index in [1.807, 2.05) is 5.51 Å². The summed E-state index contributed by atoms with van der Waals surface area (Å²) in [6.07, 6.45) is 3.20. The molecule has 0 spiro atoms. The fourth-order valence-corrected chi connectivity index (χ4v) is 6.24. The lowest BCUT2D eigenvalue weighted by Gasteiger charge is -2.18. The third-order valence-corrected chi connectivity index (χ3v) is 8.47. The van der Waals surface area contributed by atoms with Crippen LogP contribution in [0.25, 0.3) is 43.8 Å². The lowest BCUT2D eigenvalue weighted by molar-refractivity contribution is -0.131. The van der Waals surface area contributed by atoms with Gasteiger partial charge in [-0.3, -0.25) is 4.79 Å². The highest BCUT2D eigenvalue weighted by molar-refractivity contribution is 7.16. The van der Waals surface area contributed by atoms with Crippen molar-refractivity contribution in [2.75, 3.05) is 13.1 Å². The third-order valence-electron chi connectivity index (χ3n) is 7.68. The lowest BCUT2D eigenvalue weighted by atomic mass is 10.0. The number of nitrogens with zero attached hydrogens (tertiary/aromatic N) is 4. The summed E-state index contributed by atoms with van der Waals surface area (Å²) in [6, 6.07) is 21.8. The van der Waals surface area contributed by atoms with Gasteiger partial charge in [0, 0.05) is 31.1 Å². The molecule has 2 aromatic heterocycles. The van der Waals surface area contributed by atoms with Gasteiger partial charge in [0.25, 0.3) is 0 Å². The molecule has 3 heterocycles. The maximum absolute atomic E-state index is 12.6. The van der Waals surface area contributed by atoms with Gasteiger partial charge in [0.1, 0.15) is 5.82 Å². The summed E-state index contributed by atoms with van der Waals surface area (Å²) in [5.41, 5.74) is 9.88. The fraction of sp³-hybridized carbons (Fsp3) is 0.300. The Balaban J connectivity index is 1.21. The molecule has 180 valence electrons. The number of hydrogen-bond acceptors (Lipinski definition) is 4. The molecule has 0 N–H and O–H groups in total. The number of likely N-dealkylation sites (tertiary alicyclic amines) is 1. The van der Waals surface area contributed by atoms with Gasteiger partial charge >= 0.3 is 0 Å². The molecule has 0 unspecified atom stereocenters. The second-order valence-electron chi connectivity index (χ2n) is 10.4. The molecule has 6 heteroatoms. The number of imidazole rings is 1. The number of amides is 1.